The number of aryl methyl sites for hydroxylation is 1. The molecule has 3 nitrogen and oxygen atoms in total. The zero-order chi connectivity index (χ0) is 26.9. The Morgan fingerprint density at radius 2 is 1.51 bits per heavy atom. The number of ether oxygens (including phenoxy) is 2. The number of esters is 1. The van der Waals surface area contributed by atoms with E-state index in [4.69, 9.17) is 9.47 Å². The van der Waals surface area contributed by atoms with Crippen molar-refractivity contribution >= 4 is 5.97 Å². The molecule has 37 heavy (non-hydrogen) atoms. The van der Waals surface area contributed by atoms with E-state index in [1.54, 1.807) is 6.92 Å². The molecule has 0 spiro atoms. The van der Waals surface area contributed by atoms with Gasteiger partial charge in [-0.2, -0.15) is 4.39 Å². The SMILES string of the molecule is CCOc1ccc(-c2ccc(C3CC=C(OC(=O)c4ccc(C)c(F)c4F)CC3)c(F)c2F)c(F)c1F. The van der Waals surface area contributed by atoms with Crippen LogP contribution in [0.1, 0.15) is 53.6 Å². The zero-order valence-electron chi connectivity index (χ0n) is 19.9. The number of halogens is 6. The van der Waals surface area contributed by atoms with Crippen LogP contribution in [0.25, 0.3) is 11.1 Å². The highest BCUT2D eigenvalue weighted by molar-refractivity contribution is 5.90. The summed E-state index contributed by atoms with van der Waals surface area (Å²) in [5, 5.41) is 0. The molecule has 0 amide bonds. The molecule has 1 atom stereocenters. The van der Waals surface area contributed by atoms with Gasteiger partial charge in [-0.1, -0.05) is 18.2 Å². The van der Waals surface area contributed by atoms with Crippen molar-refractivity contribution in [3.8, 4) is 16.9 Å². The summed E-state index contributed by atoms with van der Waals surface area (Å²) in [6.07, 6.45) is 2.11. The third-order valence-corrected chi connectivity index (χ3v) is 6.28. The van der Waals surface area contributed by atoms with Crippen molar-refractivity contribution in [1.29, 1.82) is 0 Å². The number of hydrogen-bond acceptors (Lipinski definition) is 3. The molecule has 0 radical (unpaired) electrons. The second-order valence-electron chi connectivity index (χ2n) is 8.59. The molecule has 0 bridgehead atoms. The van der Waals surface area contributed by atoms with Crippen LogP contribution < -0.4 is 4.74 Å². The van der Waals surface area contributed by atoms with Crippen molar-refractivity contribution in [2.24, 2.45) is 0 Å². The molecular formula is C28H22F6O3. The van der Waals surface area contributed by atoms with E-state index in [2.05, 4.69) is 0 Å². The van der Waals surface area contributed by atoms with Crippen LogP contribution in [0.3, 0.4) is 0 Å². The van der Waals surface area contributed by atoms with Crippen molar-refractivity contribution in [1.82, 2.24) is 0 Å². The van der Waals surface area contributed by atoms with Gasteiger partial charge in [-0.05, 0) is 68.0 Å². The third kappa shape index (κ3) is 5.08. The Bertz CT molecular complexity index is 1400. The highest BCUT2D eigenvalue weighted by Crippen LogP contribution is 2.38. The first-order chi connectivity index (χ1) is 17.6. The Morgan fingerprint density at radius 1 is 0.838 bits per heavy atom. The number of benzene rings is 3. The van der Waals surface area contributed by atoms with E-state index < -0.39 is 63.5 Å². The van der Waals surface area contributed by atoms with Gasteiger partial charge in [-0.25, -0.2) is 26.7 Å². The fraction of sp³-hybridized carbons (Fsp3) is 0.250. The number of carbonyl (C=O) groups excluding carboxylic acids is 1. The highest BCUT2D eigenvalue weighted by atomic mass is 19.2. The molecule has 0 aromatic heterocycles. The van der Waals surface area contributed by atoms with Crippen LogP contribution in [0.2, 0.25) is 0 Å². The molecule has 1 aliphatic rings. The van der Waals surface area contributed by atoms with Crippen LogP contribution in [-0.2, 0) is 4.74 Å². The van der Waals surface area contributed by atoms with Crippen molar-refractivity contribution in [3.05, 3.63) is 99.8 Å². The van der Waals surface area contributed by atoms with Crippen LogP contribution in [0.5, 0.6) is 5.75 Å². The van der Waals surface area contributed by atoms with E-state index in [-0.39, 0.29) is 48.5 Å². The molecule has 1 unspecified atom stereocenters. The van der Waals surface area contributed by atoms with E-state index in [9.17, 15) is 26.7 Å². The lowest BCUT2D eigenvalue weighted by Crippen LogP contribution is -2.13. The van der Waals surface area contributed by atoms with Crippen LogP contribution >= 0.6 is 0 Å². The van der Waals surface area contributed by atoms with Crippen molar-refractivity contribution in [2.75, 3.05) is 6.61 Å². The number of rotatable bonds is 6. The third-order valence-electron chi connectivity index (χ3n) is 6.28. The van der Waals surface area contributed by atoms with Gasteiger partial charge in [0.05, 0.1) is 12.2 Å². The Labute approximate surface area is 209 Å². The smallest absolute Gasteiger partial charge is 0.346 e. The molecule has 1 aliphatic carbocycles. The maximum Gasteiger partial charge on any atom is 0.346 e. The average Bonchev–Trinajstić information content (AvgIpc) is 2.88. The first-order valence-corrected chi connectivity index (χ1v) is 11.6. The minimum absolute atomic E-state index is 0.0290. The Hall–Kier alpha value is -3.75. The quantitative estimate of drug-likeness (QED) is 0.245. The van der Waals surface area contributed by atoms with Crippen LogP contribution in [-0.4, -0.2) is 12.6 Å². The molecule has 0 N–H and O–H groups in total. The van der Waals surface area contributed by atoms with Crippen LogP contribution in [0, 0.1) is 41.8 Å². The van der Waals surface area contributed by atoms with Gasteiger partial charge in [-0.15, -0.1) is 0 Å². The van der Waals surface area contributed by atoms with Crippen molar-refractivity contribution < 1.29 is 40.6 Å². The second-order valence-corrected chi connectivity index (χ2v) is 8.59. The average molecular weight is 520 g/mol. The maximum absolute atomic E-state index is 15.0. The minimum Gasteiger partial charge on any atom is -0.491 e. The number of carbonyl (C=O) groups is 1. The van der Waals surface area contributed by atoms with Gasteiger partial charge in [-0.3, -0.25) is 0 Å². The first-order valence-electron chi connectivity index (χ1n) is 11.6. The molecule has 0 fully saturated rings. The van der Waals surface area contributed by atoms with Gasteiger partial charge in [0.25, 0.3) is 0 Å². The molecule has 9 heteroatoms. The Balaban J connectivity index is 1.52. The van der Waals surface area contributed by atoms with Gasteiger partial charge in [0.1, 0.15) is 5.76 Å². The molecule has 0 saturated carbocycles. The summed E-state index contributed by atoms with van der Waals surface area (Å²) in [5.74, 6) is -9.28. The second kappa shape index (κ2) is 10.7. The monoisotopic (exact) mass is 520 g/mol. The predicted octanol–water partition coefficient (Wildman–Crippen LogP) is 7.90. The van der Waals surface area contributed by atoms with Gasteiger partial charge in [0, 0.05) is 17.5 Å². The van der Waals surface area contributed by atoms with E-state index in [0.717, 1.165) is 18.2 Å². The molecule has 0 aliphatic heterocycles. The standard InChI is InChI=1S/C28H22F6O3/c1-3-36-21-13-12-19(25(32)27(21)34)18-11-10-17(23(30)24(18)31)15-5-7-16(8-6-15)37-28(35)20-9-4-14(2)22(29)26(20)33/h4,7,9-13,15H,3,5-6,8H2,1-2H3. The van der Waals surface area contributed by atoms with Crippen molar-refractivity contribution in [2.45, 2.75) is 39.0 Å². The lowest BCUT2D eigenvalue weighted by molar-refractivity contribution is 0.0600. The topological polar surface area (TPSA) is 35.5 Å². The van der Waals surface area contributed by atoms with E-state index in [0.29, 0.717) is 0 Å². The fourth-order valence-corrected chi connectivity index (χ4v) is 4.26. The lowest BCUT2D eigenvalue weighted by atomic mass is 9.85. The molecule has 4 rings (SSSR count). The van der Waals surface area contributed by atoms with Gasteiger partial charge >= 0.3 is 5.97 Å². The molecule has 3 aromatic rings. The molecule has 0 heterocycles. The summed E-state index contributed by atoms with van der Waals surface area (Å²) in [6.45, 7) is 3.06. The predicted molar refractivity (Wildman–Crippen MR) is 124 cm³/mol. The lowest BCUT2D eigenvalue weighted by Gasteiger charge is -2.23. The van der Waals surface area contributed by atoms with Crippen molar-refractivity contribution in [3.63, 3.8) is 0 Å². The summed E-state index contributed by atoms with van der Waals surface area (Å²) < 4.78 is 96.7. The normalized spacial score (nSPS) is 15.4. The Kier molecular flexibility index (Phi) is 7.61. The maximum atomic E-state index is 15.0. The molecule has 194 valence electrons. The van der Waals surface area contributed by atoms with Gasteiger partial charge < -0.3 is 9.47 Å². The molecular weight excluding hydrogens is 498 g/mol. The summed E-state index contributed by atoms with van der Waals surface area (Å²) in [6, 6.07) is 7.14. The number of hydrogen-bond donors (Lipinski definition) is 0. The molecule has 3 aromatic carbocycles. The van der Waals surface area contributed by atoms with Gasteiger partial charge in [0.15, 0.2) is 34.8 Å². The van der Waals surface area contributed by atoms with Gasteiger partial charge in [0.2, 0.25) is 5.82 Å². The fourth-order valence-electron chi connectivity index (χ4n) is 4.26. The van der Waals surface area contributed by atoms with Crippen LogP contribution in [0.4, 0.5) is 26.3 Å². The van der Waals surface area contributed by atoms with E-state index >= 15 is 4.39 Å². The minimum atomic E-state index is -1.35. The van der Waals surface area contributed by atoms with E-state index in [1.807, 2.05) is 0 Å². The molecule has 0 saturated heterocycles. The summed E-state index contributed by atoms with van der Waals surface area (Å²) in [5.41, 5.74) is -1.35. The summed E-state index contributed by atoms with van der Waals surface area (Å²) in [4.78, 5) is 12.3. The zero-order valence-corrected chi connectivity index (χ0v) is 19.9. The van der Waals surface area contributed by atoms with E-state index in [1.165, 1.54) is 31.2 Å². The Morgan fingerprint density at radius 3 is 2.16 bits per heavy atom. The first kappa shape index (κ1) is 26.3. The largest absolute Gasteiger partial charge is 0.491 e. The summed E-state index contributed by atoms with van der Waals surface area (Å²) >= 11 is 0. The number of allylic oxidation sites excluding steroid dienone is 2. The highest BCUT2D eigenvalue weighted by Gasteiger charge is 2.27. The summed E-state index contributed by atoms with van der Waals surface area (Å²) in [7, 11) is 0. The van der Waals surface area contributed by atoms with Crippen LogP contribution in [0.15, 0.2) is 48.2 Å².